The van der Waals surface area contributed by atoms with Crippen LogP contribution in [-0.2, 0) is 4.79 Å². The molecule has 0 radical (unpaired) electrons. The lowest BCUT2D eigenvalue weighted by Gasteiger charge is -2.09. The van der Waals surface area contributed by atoms with Gasteiger partial charge in [0, 0.05) is 29.0 Å². The number of rotatable bonds is 5. The van der Waals surface area contributed by atoms with Crippen LogP contribution >= 0.6 is 11.6 Å². The first kappa shape index (κ1) is 19.3. The van der Waals surface area contributed by atoms with Crippen molar-refractivity contribution in [1.29, 1.82) is 0 Å². The summed E-state index contributed by atoms with van der Waals surface area (Å²) in [4.78, 5) is 31.7. The molecule has 0 spiro atoms. The number of halogens is 1. The predicted molar refractivity (Wildman–Crippen MR) is 110 cm³/mol. The second-order valence-corrected chi connectivity index (χ2v) is 6.52. The van der Waals surface area contributed by atoms with Gasteiger partial charge in [-0.1, -0.05) is 11.6 Å². The van der Waals surface area contributed by atoms with E-state index < -0.39 is 0 Å². The van der Waals surface area contributed by atoms with Gasteiger partial charge in [-0.2, -0.15) is 0 Å². The van der Waals surface area contributed by atoms with E-state index in [1.54, 1.807) is 30.3 Å². The fourth-order valence-corrected chi connectivity index (χ4v) is 2.68. The van der Waals surface area contributed by atoms with Gasteiger partial charge in [0.15, 0.2) is 0 Å². The molecule has 3 N–H and O–H groups in total. The second-order valence-electron chi connectivity index (χ2n) is 6.08. The molecule has 2 amide bonds. The van der Waals surface area contributed by atoms with Gasteiger partial charge in [-0.25, -0.2) is 9.97 Å². The quantitative estimate of drug-likeness (QED) is 0.595. The Morgan fingerprint density at radius 2 is 1.61 bits per heavy atom. The lowest BCUT2D eigenvalue weighted by Crippen LogP contribution is -2.14. The van der Waals surface area contributed by atoms with Crippen molar-refractivity contribution in [1.82, 2.24) is 9.97 Å². The predicted octanol–water partition coefficient (Wildman–Crippen LogP) is 4.39. The number of nitrogens with one attached hydrogen (secondary N) is 3. The zero-order chi connectivity index (χ0) is 20.1. The van der Waals surface area contributed by atoms with Gasteiger partial charge < -0.3 is 16.0 Å². The second kappa shape index (κ2) is 8.49. The van der Waals surface area contributed by atoms with Crippen LogP contribution in [-0.4, -0.2) is 21.8 Å². The maximum absolute atomic E-state index is 12.3. The van der Waals surface area contributed by atoms with Crippen LogP contribution in [0, 0.1) is 6.92 Å². The van der Waals surface area contributed by atoms with Crippen LogP contribution in [0.4, 0.5) is 22.9 Å². The van der Waals surface area contributed by atoms with Gasteiger partial charge in [-0.05, 0) is 55.0 Å². The Morgan fingerprint density at radius 3 is 2.18 bits per heavy atom. The molecular formula is C20H18ClN5O2. The molecule has 2 aromatic carbocycles. The molecule has 3 aromatic rings. The largest absolute Gasteiger partial charge is 0.339 e. The van der Waals surface area contributed by atoms with E-state index in [0.29, 0.717) is 22.2 Å². The fourth-order valence-electron chi connectivity index (χ4n) is 2.45. The molecule has 1 aromatic heterocycles. The first-order valence-electron chi connectivity index (χ1n) is 8.45. The minimum Gasteiger partial charge on any atom is -0.339 e. The van der Waals surface area contributed by atoms with Gasteiger partial charge in [-0.15, -0.1) is 0 Å². The van der Waals surface area contributed by atoms with Crippen LogP contribution in [0.1, 0.15) is 23.0 Å². The third-order valence-electron chi connectivity index (χ3n) is 3.80. The van der Waals surface area contributed by atoms with E-state index in [-0.39, 0.29) is 17.5 Å². The number of hydrogen-bond acceptors (Lipinski definition) is 5. The van der Waals surface area contributed by atoms with E-state index in [4.69, 9.17) is 11.6 Å². The Bertz CT molecular complexity index is 1000. The Kier molecular flexibility index (Phi) is 5.86. The monoisotopic (exact) mass is 395 g/mol. The summed E-state index contributed by atoms with van der Waals surface area (Å²) in [5, 5.41) is 9.19. The highest BCUT2D eigenvalue weighted by molar-refractivity contribution is 6.30. The minimum absolute atomic E-state index is 0.158. The molecule has 28 heavy (non-hydrogen) atoms. The Balaban J connectivity index is 1.64. The van der Waals surface area contributed by atoms with Crippen LogP contribution in [0.25, 0.3) is 0 Å². The van der Waals surface area contributed by atoms with E-state index in [9.17, 15) is 9.59 Å². The van der Waals surface area contributed by atoms with Gasteiger partial charge in [0.05, 0.1) is 12.4 Å². The van der Waals surface area contributed by atoms with Crippen LogP contribution < -0.4 is 16.0 Å². The standard InChI is InChI=1S/C20H18ClN5O2/c1-12-9-14(21)3-8-17(12)26-19-11-22-18(10-23-19)20(28)25-16-6-4-15(5-7-16)24-13(2)27/h3-11H,1-2H3,(H,23,26)(H,24,27)(H,25,28). The van der Waals surface area contributed by atoms with Crippen LogP contribution in [0.5, 0.6) is 0 Å². The summed E-state index contributed by atoms with van der Waals surface area (Å²) in [7, 11) is 0. The molecule has 0 atom stereocenters. The summed E-state index contributed by atoms with van der Waals surface area (Å²) < 4.78 is 0. The average molecular weight is 396 g/mol. The van der Waals surface area contributed by atoms with Crippen LogP contribution in [0.3, 0.4) is 0 Å². The molecule has 7 nitrogen and oxygen atoms in total. The van der Waals surface area contributed by atoms with Crippen molar-refractivity contribution < 1.29 is 9.59 Å². The average Bonchev–Trinajstić information content (AvgIpc) is 2.66. The van der Waals surface area contributed by atoms with Crippen LogP contribution in [0.15, 0.2) is 54.9 Å². The van der Waals surface area contributed by atoms with Gasteiger partial charge in [0.1, 0.15) is 11.5 Å². The summed E-state index contributed by atoms with van der Waals surface area (Å²) in [6.07, 6.45) is 2.89. The maximum Gasteiger partial charge on any atom is 0.275 e. The highest BCUT2D eigenvalue weighted by Gasteiger charge is 2.09. The molecule has 0 unspecified atom stereocenters. The highest BCUT2D eigenvalue weighted by atomic mass is 35.5. The summed E-state index contributed by atoms with van der Waals surface area (Å²) in [6, 6.07) is 12.3. The number of hydrogen-bond donors (Lipinski definition) is 3. The first-order valence-corrected chi connectivity index (χ1v) is 8.83. The molecule has 1 heterocycles. The van der Waals surface area contributed by atoms with Gasteiger partial charge >= 0.3 is 0 Å². The van der Waals surface area contributed by atoms with Crippen molar-refractivity contribution >= 4 is 46.3 Å². The molecule has 0 saturated heterocycles. The Morgan fingerprint density at radius 1 is 0.929 bits per heavy atom. The normalized spacial score (nSPS) is 10.2. The SMILES string of the molecule is CC(=O)Nc1ccc(NC(=O)c2cnc(Nc3ccc(Cl)cc3C)cn2)cc1. The number of carbonyl (C=O) groups excluding carboxylic acids is 2. The maximum atomic E-state index is 12.3. The highest BCUT2D eigenvalue weighted by Crippen LogP contribution is 2.22. The lowest BCUT2D eigenvalue weighted by atomic mass is 10.2. The van der Waals surface area contributed by atoms with Crippen molar-refractivity contribution in [3.05, 3.63) is 71.1 Å². The third kappa shape index (κ3) is 5.05. The molecular weight excluding hydrogens is 378 g/mol. The molecule has 3 rings (SSSR count). The number of aryl methyl sites for hydroxylation is 1. The lowest BCUT2D eigenvalue weighted by molar-refractivity contribution is -0.114. The number of carbonyl (C=O) groups is 2. The van der Waals surface area contributed by atoms with Crippen molar-refractivity contribution in [2.75, 3.05) is 16.0 Å². The molecule has 0 fully saturated rings. The van der Waals surface area contributed by atoms with E-state index in [0.717, 1.165) is 11.3 Å². The van der Waals surface area contributed by atoms with Gasteiger partial charge in [0.25, 0.3) is 5.91 Å². The smallest absolute Gasteiger partial charge is 0.275 e. The summed E-state index contributed by atoms with van der Waals surface area (Å²) in [5.41, 5.74) is 3.25. The topological polar surface area (TPSA) is 96.0 Å². The zero-order valence-electron chi connectivity index (χ0n) is 15.3. The fraction of sp³-hybridized carbons (Fsp3) is 0.100. The number of amides is 2. The van der Waals surface area contributed by atoms with Crippen molar-refractivity contribution in [3.63, 3.8) is 0 Å². The van der Waals surface area contributed by atoms with Gasteiger partial charge in [-0.3, -0.25) is 9.59 Å². The number of anilines is 4. The summed E-state index contributed by atoms with van der Waals surface area (Å²) in [6.45, 7) is 3.36. The number of aromatic nitrogens is 2. The van der Waals surface area contributed by atoms with Crippen LogP contribution in [0.2, 0.25) is 5.02 Å². The molecule has 0 saturated carbocycles. The van der Waals surface area contributed by atoms with Gasteiger partial charge in [0.2, 0.25) is 5.91 Å². The van der Waals surface area contributed by atoms with Crippen molar-refractivity contribution in [3.8, 4) is 0 Å². The van der Waals surface area contributed by atoms with E-state index >= 15 is 0 Å². The molecule has 142 valence electrons. The zero-order valence-corrected chi connectivity index (χ0v) is 16.0. The first-order chi connectivity index (χ1) is 13.4. The van der Waals surface area contributed by atoms with E-state index in [1.807, 2.05) is 19.1 Å². The van der Waals surface area contributed by atoms with Crippen molar-refractivity contribution in [2.24, 2.45) is 0 Å². The van der Waals surface area contributed by atoms with E-state index in [1.165, 1.54) is 19.3 Å². The minimum atomic E-state index is -0.381. The molecule has 8 heteroatoms. The molecule has 0 aliphatic carbocycles. The molecule has 0 aliphatic heterocycles. The summed E-state index contributed by atoms with van der Waals surface area (Å²) in [5.74, 6) is -0.0230. The summed E-state index contributed by atoms with van der Waals surface area (Å²) >= 11 is 5.95. The molecule has 0 bridgehead atoms. The van der Waals surface area contributed by atoms with E-state index in [2.05, 4.69) is 25.9 Å². The molecule has 0 aliphatic rings. The Labute approximate surface area is 167 Å². The number of benzene rings is 2. The van der Waals surface area contributed by atoms with Crippen molar-refractivity contribution in [2.45, 2.75) is 13.8 Å². The third-order valence-corrected chi connectivity index (χ3v) is 4.03. The number of nitrogens with zero attached hydrogens (tertiary/aromatic N) is 2. The Hall–Kier alpha value is -3.45.